The van der Waals surface area contributed by atoms with E-state index in [1.807, 2.05) is 37.4 Å². The molecule has 0 saturated carbocycles. The molecular weight excluding hydrogens is 326 g/mol. The summed E-state index contributed by atoms with van der Waals surface area (Å²) in [6.45, 7) is 4.20. The number of benzene rings is 1. The van der Waals surface area contributed by atoms with E-state index < -0.39 is 10.0 Å². The lowest BCUT2D eigenvalue weighted by atomic mass is 10.2. The first-order valence-corrected chi connectivity index (χ1v) is 9.40. The van der Waals surface area contributed by atoms with Crippen molar-refractivity contribution in [1.82, 2.24) is 20.1 Å². The maximum Gasteiger partial charge on any atom is 0.267 e. The van der Waals surface area contributed by atoms with Crippen LogP contribution >= 0.6 is 0 Å². The number of aromatic nitrogens is 3. The van der Waals surface area contributed by atoms with Crippen LogP contribution in [0.5, 0.6) is 0 Å². The molecule has 1 aliphatic rings. The Bertz CT molecular complexity index is 989. The molecule has 2 aromatic heterocycles. The summed E-state index contributed by atoms with van der Waals surface area (Å²) in [7, 11) is -3.65. The van der Waals surface area contributed by atoms with E-state index >= 15 is 0 Å². The van der Waals surface area contributed by atoms with Crippen LogP contribution in [0.15, 0.2) is 41.6 Å². The number of H-pyrrole nitrogens is 1. The highest BCUT2D eigenvalue weighted by Crippen LogP contribution is 2.28. The fourth-order valence-corrected chi connectivity index (χ4v) is 4.80. The van der Waals surface area contributed by atoms with E-state index in [9.17, 15) is 8.42 Å². The Kier molecular flexibility index (Phi) is 3.58. The molecule has 0 aliphatic carbocycles. The van der Waals surface area contributed by atoms with E-state index in [0.29, 0.717) is 25.3 Å². The topological polar surface area (TPSA) is 83.0 Å². The lowest BCUT2D eigenvalue weighted by Gasteiger charge is -2.24. The third kappa shape index (κ3) is 2.30. The molecule has 8 heteroatoms. The summed E-state index contributed by atoms with van der Waals surface area (Å²) in [5, 5.41) is 8.44. The monoisotopic (exact) mass is 345 g/mol. The highest BCUT2D eigenvalue weighted by Gasteiger charge is 2.30. The first-order chi connectivity index (χ1) is 11.6. The maximum atomic E-state index is 13.2. The van der Waals surface area contributed by atoms with Crippen LogP contribution < -0.4 is 9.62 Å². The van der Waals surface area contributed by atoms with Crippen LogP contribution in [0, 0.1) is 0 Å². The Morgan fingerprint density at radius 2 is 2.21 bits per heavy atom. The molecule has 2 N–H and O–H groups in total. The first kappa shape index (κ1) is 15.2. The van der Waals surface area contributed by atoms with Gasteiger partial charge in [0.1, 0.15) is 4.90 Å². The Balaban J connectivity index is 1.80. The minimum Gasteiger partial charge on any atom is -0.361 e. The summed E-state index contributed by atoms with van der Waals surface area (Å²) in [6, 6.07) is 7.55. The number of aromatic amines is 1. The average molecular weight is 345 g/mol. The fraction of sp³-hybridized carbons (Fsp3) is 0.312. The maximum absolute atomic E-state index is 13.2. The second-order valence-electron chi connectivity index (χ2n) is 5.77. The predicted molar refractivity (Wildman–Crippen MR) is 92.4 cm³/mol. The van der Waals surface area contributed by atoms with Gasteiger partial charge in [-0.2, -0.15) is 5.10 Å². The standard InChI is InChI=1S/C16H19N5O2S/c1-2-21(13-3-4-14-12(9-13)5-6-18-14)24(22,23)16-11-19-20-8-7-17-10-15(16)20/h3-6,9,11,17-18H,2,7-8,10H2,1H3. The Morgan fingerprint density at radius 3 is 3.04 bits per heavy atom. The Labute approximate surface area is 140 Å². The number of nitrogens with one attached hydrogen (secondary N) is 2. The van der Waals surface area contributed by atoms with Gasteiger partial charge in [0, 0.05) is 36.7 Å². The number of fused-ring (bicyclic) bond motifs is 2. The molecular formula is C16H19N5O2S. The number of nitrogens with zero attached hydrogens (tertiary/aromatic N) is 3. The molecule has 0 atom stereocenters. The SMILES string of the molecule is CCN(c1ccc2[nH]ccc2c1)S(=O)(=O)c1cnn2c1CNCC2. The summed E-state index contributed by atoms with van der Waals surface area (Å²) < 4.78 is 29.6. The molecule has 3 heterocycles. The molecule has 0 amide bonds. The van der Waals surface area contributed by atoms with Gasteiger partial charge in [0.25, 0.3) is 10.0 Å². The van der Waals surface area contributed by atoms with E-state index in [2.05, 4.69) is 15.4 Å². The zero-order chi connectivity index (χ0) is 16.7. The largest absolute Gasteiger partial charge is 0.361 e. The van der Waals surface area contributed by atoms with Gasteiger partial charge in [0.2, 0.25) is 0 Å². The third-order valence-electron chi connectivity index (χ3n) is 4.38. The van der Waals surface area contributed by atoms with E-state index in [1.54, 1.807) is 4.68 Å². The van der Waals surface area contributed by atoms with Gasteiger partial charge in [-0.1, -0.05) is 0 Å². The smallest absolute Gasteiger partial charge is 0.267 e. The molecule has 126 valence electrons. The number of sulfonamides is 1. The average Bonchev–Trinajstić information content (AvgIpc) is 3.21. The van der Waals surface area contributed by atoms with Crippen LogP contribution in [0.3, 0.4) is 0 Å². The van der Waals surface area contributed by atoms with Gasteiger partial charge in [-0.05, 0) is 31.2 Å². The quantitative estimate of drug-likeness (QED) is 0.754. The molecule has 0 unspecified atom stereocenters. The van der Waals surface area contributed by atoms with Crippen LogP contribution in [0.2, 0.25) is 0 Å². The molecule has 7 nitrogen and oxygen atoms in total. The highest BCUT2D eigenvalue weighted by atomic mass is 32.2. The second kappa shape index (κ2) is 5.64. The van der Waals surface area contributed by atoms with Crippen molar-refractivity contribution in [2.24, 2.45) is 0 Å². The van der Waals surface area contributed by atoms with Gasteiger partial charge in [-0.25, -0.2) is 8.42 Å². The van der Waals surface area contributed by atoms with E-state index in [1.165, 1.54) is 10.5 Å². The lowest BCUT2D eigenvalue weighted by Crippen LogP contribution is -2.34. The van der Waals surface area contributed by atoms with E-state index in [4.69, 9.17) is 0 Å². The number of rotatable bonds is 4. The molecule has 0 fully saturated rings. The number of hydrogen-bond donors (Lipinski definition) is 2. The van der Waals surface area contributed by atoms with Crippen LogP contribution in [0.1, 0.15) is 12.6 Å². The molecule has 1 aromatic carbocycles. The minimum absolute atomic E-state index is 0.283. The molecule has 0 bridgehead atoms. The van der Waals surface area contributed by atoms with Crippen LogP contribution in [0.4, 0.5) is 5.69 Å². The van der Waals surface area contributed by atoms with Gasteiger partial charge >= 0.3 is 0 Å². The van der Waals surface area contributed by atoms with Crippen molar-refractivity contribution < 1.29 is 8.42 Å². The van der Waals surface area contributed by atoms with Crippen molar-refractivity contribution in [2.75, 3.05) is 17.4 Å². The molecule has 3 aromatic rings. The van der Waals surface area contributed by atoms with E-state index in [0.717, 1.165) is 23.1 Å². The van der Waals surface area contributed by atoms with Gasteiger partial charge in [0.15, 0.2) is 0 Å². The zero-order valence-electron chi connectivity index (χ0n) is 13.4. The summed E-state index contributed by atoms with van der Waals surface area (Å²) in [5.41, 5.74) is 2.37. The van der Waals surface area contributed by atoms with Crippen molar-refractivity contribution in [1.29, 1.82) is 0 Å². The van der Waals surface area contributed by atoms with Gasteiger partial charge in [-0.15, -0.1) is 0 Å². The second-order valence-corrected chi connectivity index (χ2v) is 7.61. The normalized spacial score (nSPS) is 14.7. The molecule has 0 radical (unpaired) electrons. The molecule has 0 saturated heterocycles. The third-order valence-corrected chi connectivity index (χ3v) is 6.33. The van der Waals surface area contributed by atoms with Gasteiger partial charge in [-0.3, -0.25) is 8.99 Å². The minimum atomic E-state index is -3.65. The molecule has 24 heavy (non-hydrogen) atoms. The molecule has 0 spiro atoms. The molecule has 1 aliphatic heterocycles. The van der Waals surface area contributed by atoms with Crippen molar-refractivity contribution in [2.45, 2.75) is 24.9 Å². The highest BCUT2D eigenvalue weighted by molar-refractivity contribution is 7.92. The zero-order valence-corrected chi connectivity index (χ0v) is 14.2. The van der Waals surface area contributed by atoms with Crippen LogP contribution in [-0.2, 0) is 23.1 Å². The van der Waals surface area contributed by atoms with Gasteiger partial charge < -0.3 is 10.3 Å². The van der Waals surface area contributed by atoms with Crippen molar-refractivity contribution in [3.8, 4) is 0 Å². The fourth-order valence-electron chi connectivity index (χ4n) is 3.18. The van der Waals surface area contributed by atoms with Gasteiger partial charge in [0.05, 0.1) is 24.1 Å². The first-order valence-electron chi connectivity index (χ1n) is 7.96. The summed E-state index contributed by atoms with van der Waals surface area (Å²) in [4.78, 5) is 3.40. The Hall–Kier alpha value is -2.32. The van der Waals surface area contributed by atoms with Crippen molar-refractivity contribution in [3.05, 3.63) is 42.4 Å². The van der Waals surface area contributed by atoms with Crippen LogP contribution in [0.25, 0.3) is 10.9 Å². The van der Waals surface area contributed by atoms with E-state index in [-0.39, 0.29) is 4.90 Å². The number of anilines is 1. The van der Waals surface area contributed by atoms with Crippen molar-refractivity contribution >= 4 is 26.6 Å². The van der Waals surface area contributed by atoms with Crippen molar-refractivity contribution in [3.63, 3.8) is 0 Å². The number of hydrogen-bond acceptors (Lipinski definition) is 4. The lowest BCUT2D eigenvalue weighted by molar-refractivity contribution is 0.470. The molecule has 4 rings (SSSR count). The summed E-state index contributed by atoms with van der Waals surface area (Å²) in [6.07, 6.45) is 3.31. The predicted octanol–water partition coefficient (Wildman–Crippen LogP) is 1.68. The summed E-state index contributed by atoms with van der Waals surface area (Å²) in [5.74, 6) is 0. The summed E-state index contributed by atoms with van der Waals surface area (Å²) >= 11 is 0. The Morgan fingerprint density at radius 1 is 1.33 bits per heavy atom. The van der Waals surface area contributed by atoms with Crippen LogP contribution in [-0.4, -0.2) is 36.3 Å².